The second kappa shape index (κ2) is 5.87. The molecular formula is C12H16Cl2N2O2S. The summed E-state index contributed by atoms with van der Waals surface area (Å²) < 4.78 is 26.7. The van der Waals surface area contributed by atoms with E-state index in [1.54, 1.807) is 19.1 Å². The summed E-state index contributed by atoms with van der Waals surface area (Å²) in [5, 5.41) is 3.41. The Morgan fingerprint density at radius 3 is 2.58 bits per heavy atom. The first-order valence-electron chi connectivity index (χ1n) is 6.08. The lowest BCUT2D eigenvalue weighted by Gasteiger charge is -2.15. The van der Waals surface area contributed by atoms with Crippen molar-refractivity contribution in [3.63, 3.8) is 0 Å². The Balaban J connectivity index is 2.00. The van der Waals surface area contributed by atoms with Crippen molar-refractivity contribution in [1.82, 2.24) is 5.32 Å². The van der Waals surface area contributed by atoms with Gasteiger partial charge in [-0.1, -0.05) is 23.2 Å². The molecular weight excluding hydrogens is 307 g/mol. The van der Waals surface area contributed by atoms with Gasteiger partial charge >= 0.3 is 0 Å². The predicted octanol–water partition coefficient (Wildman–Crippen LogP) is 2.88. The summed E-state index contributed by atoms with van der Waals surface area (Å²) >= 11 is 11.6. The summed E-state index contributed by atoms with van der Waals surface area (Å²) in [6.45, 7) is 2.12. The number of hydrogen-bond acceptors (Lipinski definition) is 3. The fourth-order valence-corrected chi connectivity index (χ4v) is 2.82. The minimum Gasteiger partial charge on any atom is -0.313 e. The van der Waals surface area contributed by atoms with Crippen LogP contribution in [0.3, 0.4) is 0 Å². The molecule has 1 fully saturated rings. The fraction of sp³-hybridized carbons (Fsp3) is 0.500. The van der Waals surface area contributed by atoms with Gasteiger partial charge in [0.25, 0.3) is 0 Å². The Labute approximate surface area is 123 Å². The van der Waals surface area contributed by atoms with Gasteiger partial charge in [0.1, 0.15) is 0 Å². The van der Waals surface area contributed by atoms with Crippen molar-refractivity contribution in [3.8, 4) is 0 Å². The smallest absolute Gasteiger partial charge is 0.236 e. The summed E-state index contributed by atoms with van der Waals surface area (Å²) in [5.74, 6) is 0. The van der Waals surface area contributed by atoms with Gasteiger partial charge in [-0.15, -0.1) is 0 Å². The molecule has 0 aliphatic heterocycles. The summed E-state index contributed by atoms with van der Waals surface area (Å²) in [6.07, 6.45) is 2.26. The average Bonchev–Trinajstić information content (AvgIpc) is 3.14. The molecule has 2 N–H and O–H groups in total. The van der Waals surface area contributed by atoms with E-state index in [1.165, 1.54) is 6.07 Å². The first kappa shape index (κ1) is 14.9. The standard InChI is InChI=1S/C12H16Cl2N2O2S/c1-8(7-15-9-2-3-9)19(17,18)16-10-4-5-11(13)12(14)6-10/h4-6,8-9,15-16H,2-3,7H2,1H3. The van der Waals surface area contributed by atoms with E-state index in [1.807, 2.05) is 0 Å². The molecule has 0 spiro atoms. The first-order valence-corrected chi connectivity index (χ1v) is 8.39. The highest BCUT2D eigenvalue weighted by molar-refractivity contribution is 7.93. The number of anilines is 1. The second-order valence-corrected chi connectivity index (χ2v) is 7.68. The molecule has 1 unspecified atom stereocenters. The highest BCUT2D eigenvalue weighted by Crippen LogP contribution is 2.26. The molecule has 0 aromatic heterocycles. The van der Waals surface area contributed by atoms with Gasteiger partial charge in [-0.3, -0.25) is 4.72 Å². The highest BCUT2D eigenvalue weighted by atomic mass is 35.5. The van der Waals surface area contributed by atoms with E-state index < -0.39 is 15.3 Å². The zero-order valence-corrected chi connectivity index (χ0v) is 12.8. The number of sulfonamides is 1. The quantitative estimate of drug-likeness (QED) is 0.846. The van der Waals surface area contributed by atoms with Crippen LogP contribution in [0.25, 0.3) is 0 Å². The highest BCUT2D eigenvalue weighted by Gasteiger charge is 2.25. The van der Waals surface area contributed by atoms with E-state index in [0.29, 0.717) is 28.3 Å². The van der Waals surface area contributed by atoms with Crippen LogP contribution in [0.1, 0.15) is 19.8 Å². The fourth-order valence-electron chi connectivity index (χ4n) is 1.55. The van der Waals surface area contributed by atoms with Crippen molar-refractivity contribution in [1.29, 1.82) is 0 Å². The Morgan fingerprint density at radius 1 is 1.32 bits per heavy atom. The van der Waals surface area contributed by atoms with Gasteiger partial charge in [0.15, 0.2) is 0 Å². The maximum atomic E-state index is 12.1. The van der Waals surface area contributed by atoms with Crippen molar-refractivity contribution < 1.29 is 8.42 Å². The molecule has 1 aliphatic carbocycles. The van der Waals surface area contributed by atoms with Gasteiger partial charge in [-0.2, -0.15) is 0 Å². The third-order valence-electron chi connectivity index (χ3n) is 2.98. The van der Waals surface area contributed by atoms with Crippen LogP contribution in [0, 0.1) is 0 Å². The number of nitrogens with one attached hydrogen (secondary N) is 2. The lowest BCUT2D eigenvalue weighted by molar-refractivity contribution is 0.576. The third-order valence-corrected chi connectivity index (χ3v) is 5.47. The molecule has 1 aromatic rings. The second-order valence-electron chi connectivity index (χ2n) is 4.77. The molecule has 0 bridgehead atoms. The Kier molecular flexibility index (Phi) is 4.61. The molecule has 7 heteroatoms. The molecule has 19 heavy (non-hydrogen) atoms. The third kappa shape index (κ3) is 4.24. The van der Waals surface area contributed by atoms with Crippen molar-refractivity contribution in [2.75, 3.05) is 11.3 Å². The van der Waals surface area contributed by atoms with Gasteiger partial charge in [0, 0.05) is 12.6 Å². The predicted molar refractivity (Wildman–Crippen MR) is 79.5 cm³/mol. The van der Waals surface area contributed by atoms with Crippen molar-refractivity contribution in [3.05, 3.63) is 28.2 Å². The summed E-state index contributed by atoms with van der Waals surface area (Å²) in [7, 11) is -3.43. The number of benzene rings is 1. The van der Waals surface area contributed by atoms with Gasteiger partial charge in [-0.25, -0.2) is 8.42 Å². The normalized spacial score (nSPS) is 17.2. The lowest BCUT2D eigenvalue weighted by atomic mass is 10.3. The van der Waals surface area contributed by atoms with E-state index >= 15 is 0 Å². The molecule has 0 heterocycles. The van der Waals surface area contributed by atoms with Crippen molar-refractivity contribution in [2.45, 2.75) is 31.1 Å². The van der Waals surface area contributed by atoms with Gasteiger partial charge in [0.05, 0.1) is 21.0 Å². The maximum absolute atomic E-state index is 12.1. The lowest BCUT2D eigenvalue weighted by Crippen LogP contribution is -2.35. The van der Waals surface area contributed by atoms with Crippen LogP contribution in [-0.4, -0.2) is 26.3 Å². The van der Waals surface area contributed by atoms with Crippen molar-refractivity contribution >= 4 is 38.9 Å². The monoisotopic (exact) mass is 322 g/mol. The molecule has 0 radical (unpaired) electrons. The Hall–Kier alpha value is -0.490. The van der Waals surface area contributed by atoms with Crippen LogP contribution in [0.15, 0.2) is 18.2 Å². The molecule has 0 amide bonds. The molecule has 1 saturated carbocycles. The zero-order valence-electron chi connectivity index (χ0n) is 10.5. The van der Waals surface area contributed by atoms with E-state index in [4.69, 9.17) is 23.2 Å². The molecule has 1 atom stereocenters. The molecule has 1 aromatic carbocycles. The van der Waals surface area contributed by atoms with Crippen LogP contribution in [-0.2, 0) is 10.0 Å². The molecule has 2 rings (SSSR count). The van der Waals surface area contributed by atoms with Crippen LogP contribution in [0.4, 0.5) is 5.69 Å². The zero-order chi connectivity index (χ0) is 14.0. The van der Waals surface area contributed by atoms with E-state index in [-0.39, 0.29) is 0 Å². The Bertz CT molecular complexity index is 559. The molecule has 0 saturated heterocycles. The van der Waals surface area contributed by atoms with Crippen LogP contribution in [0.2, 0.25) is 10.0 Å². The van der Waals surface area contributed by atoms with Crippen LogP contribution in [0.5, 0.6) is 0 Å². The summed E-state index contributed by atoms with van der Waals surface area (Å²) in [5.41, 5.74) is 0.424. The SMILES string of the molecule is CC(CNC1CC1)S(=O)(=O)Nc1ccc(Cl)c(Cl)c1. The van der Waals surface area contributed by atoms with Crippen LogP contribution < -0.4 is 10.0 Å². The number of hydrogen-bond donors (Lipinski definition) is 2. The first-order chi connectivity index (χ1) is 8.88. The minimum absolute atomic E-state index is 0.325. The maximum Gasteiger partial charge on any atom is 0.236 e. The van der Waals surface area contributed by atoms with E-state index in [9.17, 15) is 8.42 Å². The number of rotatable bonds is 6. The van der Waals surface area contributed by atoms with Crippen molar-refractivity contribution in [2.24, 2.45) is 0 Å². The molecule has 1 aliphatic rings. The average molecular weight is 323 g/mol. The van der Waals surface area contributed by atoms with Gasteiger partial charge < -0.3 is 5.32 Å². The topological polar surface area (TPSA) is 58.2 Å². The van der Waals surface area contributed by atoms with Gasteiger partial charge in [0.2, 0.25) is 10.0 Å². The summed E-state index contributed by atoms with van der Waals surface area (Å²) in [6, 6.07) is 5.15. The minimum atomic E-state index is -3.43. The van der Waals surface area contributed by atoms with E-state index in [0.717, 1.165) is 12.8 Å². The van der Waals surface area contributed by atoms with Crippen LogP contribution >= 0.6 is 23.2 Å². The van der Waals surface area contributed by atoms with Gasteiger partial charge in [-0.05, 0) is 38.0 Å². The summed E-state index contributed by atoms with van der Waals surface area (Å²) in [4.78, 5) is 0. The molecule has 106 valence electrons. The number of halogens is 2. The largest absolute Gasteiger partial charge is 0.313 e. The Morgan fingerprint density at radius 2 is 2.00 bits per heavy atom. The molecule has 4 nitrogen and oxygen atoms in total. The van der Waals surface area contributed by atoms with E-state index in [2.05, 4.69) is 10.0 Å².